The van der Waals surface area contributed by atoms with Crippen molar-refractivity contribution in [1.82, 2.24) is 0 Å². The van der Waals surface area contributed by atoms with E-state index in [9.17, 15) is 9.59 Å². The van der Waals surface area contributed by atoms with Gasteiger partial charge in [-0.1, -0.05) is 51.5 Å². The monoisotopic (exact) mass is 282 g/mol. The van der Waals surface area contributed by atoms with E-state index < -0.39 is 5.97 Å². The van der Waals surface area contributed by atoms with Gasteiger partial charge in [-0.3, -0.25) is 4.79 Å². The average Bonchev–Trinajstić information content (AvgIpc) is 2.49. The van der Waals surface area contributed by atoms with Crippen LogP contribution in [0.25, 0.3) is 0 Å². The van der Waals surface area contributed by atoms with Crippen LogP contribution in [0, 0.1) is 5.92 Å². The lowest BCUT2D eigenvalue weighted by atomic mass is 9.86. The summed E-state index contributed by atoms with van der Waals surface area (Å²) in [6.07, 6.45) is 11.6. The maximum absolute atomic E-state index is 11.4. The SMILES string of the molecule is C=CC(=O)OCCOC(=O)CCCCC1CCCCC1. The van der Waals surface area contributed by atoms with Crippen LogP contribution in [0.4, 0.5) is 0 Å². The predicted molar refractivity (Wildman–Crippen MR) is 77.2 cm³/mol. The van der Waals surface area contributed by atoms with Crippen LogP contribution in [0.1, 0.15) is 57.8 Å². The molecule has 0 radical (unpaired) electrons. The molecule has 1 saturated carbocycles. The molecule has 0 bridgehead atoms. The van der Waals surface area contributed by atoms with Crippen LogP contribution in [-0.2, 0) is 19.1 Å². The number of carbonyl (C=O) groups is 2. The molecule has 0 spiro atoms. The summed E-state index contributed by atoms with van der Waals surface area (Å²) in [5, 5.41) is 0. The fraction of sp³-hybridized carbons (Fsp3) is 0.750. The molecule has 114 valence electrons. The Labute approximate surface area is 121 Å². The van der Waals surface area contributed by atoms with Crippen LogP contribution in [0.15, 0.2) is 12.7 Å². The van der Waals surface area contributed by atoms with E-state index in [1.165, 1.54) is 38.5 Å². The smallest absolute Gasteiger partial charge is 0.330 e. The first kappa shape index (κ1) is 16.7. The van der Waals surface area contributed by atoms with Crippen LogP contribution in [-0.4, -0.2) is 25.2 Å². The van der Waals surface area contributed by atoms with Crippen molar-refractivity contribution >= 4 is 11.9 Å². The second-order valence-electron chi connectivity index (χ2n) is 5.34. The Morgan fingerprint density at radius 3 is 2.45 bits per heavy atom. The summed E-state index contributed by atoms with van der Waals surface area (Å²) >= 11 is 0. The summed E-state index contributed by atoms with van der Waals surface area (Å²) < 4.78 is 9.69. The van der Waals surface area contributed by atoms with Crippen molar-refractivity contribution in [3.8, 4) is 0 Å². The van der Waals surface area contributed by atoms with Crippen molar-refractivity contribution in [2.45, 2.75) is 57.8 Å². The van der Waals surface area contributed by atoms with Gasteiger partial charge in [-0.05, 0) is 12.3 Å². The van der Waals surface area contributed by atoms with E-state index in [-0.39, 0.29) is 19.2 Å². The third-order valence-corrected chi connectivity index (χ3v) is 3.73. The van der Waals surface area contributed by atoms with Crippen molar-refractivity contribution in [3.63, 3.8) is 0 Å². The van der Waals surface area contributed by atoms with Crippen LogP contribution in [0.3, 0.4) is 0 Å². The molecule has 1 aliphatic rings. The molecule has 0 aromatic carbocycles. The topological polar surface area (TPSA) is 52.6 Å². The van der Waals surface area contributed by atoms with Crippen molar-refractivity contribution in [3.05, 3.63) is 12.7 Å². The predicted octanol–water partition coefficient (Wildman–Crippen LogP) is 3.40. The molecule has 0 aliphatic heterocycles. The molecule has 1 aliphatic carbocycles. The largest absolute Gasteiger partial charge is 0.462 e. The Kier molecular flexibility index (Phi) is 8.76. The highest BCUT2D eigenvalue weighted by Gasteiger charge is 2.13. The van der Waals surface area contributed by atoms with E-state index in [4.69, 9.17) is 9.47 Å². The standard InChI is InChI=1S/C16H26O4/c1-2-15(17)19-12-13-20-16(18)11-7-6-10-14-8-4-3-5-9-14/h2,14H,1,3-13H2. The first-order valence-corrected chi connectivity index (χ1v) is 7.67. The van der Waals surface area contributed by atoms with E-state index in [1.807, 2.05) is 0 Å². The average molecular weight is 282 g/mol. The Morgan fingerprint density at radius 1 is 1.05 bits per heavy atom. The Balaban J connectivity index is 1.91. The minimum absolute atomic E-state index is 0.0959. The molecule has 4 heteroatoms. The zero-order valence-electron chi connectivity index (χ0n) is 12.3. The van der Waals surface area contributed by atoms with Gasteiger partial charge < -0.3 is 9.47 Å². The van der Waals surface area contributed by atoms with Crippen LogP contribution >= 0.6 is 0 Å². The van der Waals surface area contributed by atoms with Gasteiger partial charge in [0.05, 0.1) is 0 Å². The molecule has 0 atom stereocenters. The molecule has 0 unspecified atom stereocenters. The summed E-state index contributed by atoms with van der Waals surface area (Å²) in [6, 6.07) is 0. The molecular formula is C16H26O4. The zero-order chi connectivity index (χ0) is 14.6. The number of carbonyl (C=O) groups excluding carboxylic acids is 2. The maximum Gasteiger partial charge on any atom is 0.330 e. The number of hydrogen-bond donors (Lipinski definition) is 0. The lowest BCUT2D eigenvalue weighted by molar-refractivity contribution is -0.149. The highest BCUT2D eigenvalue weighted by Crippen LogP contribution is 2.27. The second kappa shape index (κ2) is 10.5. The Bertz CT molecular complexity index is 306. The van der Waals surface area contributed by atoms with Crippen molar-refractivity contribution < 1.29 is 19.1 Å². The van der Waals surface area contributed by atoms with Gasteiger partial charge in [-0.15, -0.1) is 0 Å². The molecular weight excluding hydrogens is 256 g/mol. The Morgan fingerprint density at radius 2 is 1.75 bits per heavy atom. The van der Waals surface area contributed by atoms with E-state index in [0.29, 0.717) is 6.42 Å². The van der Waals surface area contributed by atoms with Crippen molar-refractivity contribution in [1.29, 1.82) is 0 Å². The van der Waals surface area contributed by atoms with Gasteiger partial charge in [0.15, 0.2) is 0 Å². The quantitative estimate of drug-likeness (QED) is 0.369. The number of ether oxygens (including phenoxy) is 2. The van der Waals surface area contributed by atoms with Gasteiger partial charge in [-0.2, -0.15) is 0 Å². The third-order valence-electron chi connectivity index (χ3n) is 3.73. The van der Waals surface area contributed by atoms with Crippen molar-refractivity contribution in [2.24, 2.45) is 5.92 Å². The fourth-order valence-corrected chi connectivity index (χ4v) is 2.61. The summed E-state index contributed by atoms with van der Waals surface area (Å²) in [7, 11) is 0. The molecule has 4 nitrogen and oxygen atoms in total. The maximum atomic E-state index is 11.4. The molecule has 0 aromatic heterocycles. The van der Waals surface area contributed by atoms with Gasteiger partial charge in [0.1, 0.15) is 13.2 Å². The number of esters is 2. The summed E-state index contributed by atoms with van der Waals surface area (Å²) in [5.74, 6) is 0.176. The van der Waals surface area contributed by atoms with Gasteiger partial charge in [0, 0.05) is 12.5 Å². The van der Waals surface area contributed by atoms with E-state index in [0.717, 1.165) is 24.8 Å². The van der Waals surface area contributed by atoms with Crippen LogP contribution in [0.5, 0.6) is 0 Å². The normalized spacial score (nSPS) is 15.6. The highest BCUT2D eigenvalue weighted by molar-refractivity contribution is 5.81. The molecule has 0 amide bonds. The molecule has 1 rings (SSSR count). The van der Waals surface area contributed by atoms with Gasteiger partial charge in [0.25, 0.3) is 0 Å². The van der Waals surface area contributed by atoms with E-state index in [2.05, 4.69) is 6.58 Å². The van der Waals surface area contributed by atoms with Crippen LogP contribution < -0.4 is 0 Å². The Hall–Kier alpha value is -1.32. The second-order valence-corrected chi connectivity index (χ2v) is 5.34. The zero-order valence-corrected chi connectivity index (χ0v) is 12.3. The minimum Gasteiger partial charge on any atom is -0.462 e. The van der Waals surface area contributed by atoms with Gasteiger partial charge in [0.2, 0.25) is 0 Å². The molecule has 0 N–H and O–H groups in total. The summed E-state index contributed by atoms with van der Waals surface area (Å²) in [6.45, 7) is 3.50. The van der Waals surface area contributed by atoms with Crippen molar-refractivity contribution in [2.75, 3.05) is 13.2 Å². The molecule has 0 saturated heterocycles. The number of unbranched alkanes of at least 4 members (excludes halogenated alkanes) is 1. The summed E-state index contributed by atoms with van der Waals surface area (Å²) in [5.41, 5.74) is 0. The lowest BCUT2D eigenvalue weighted by Gasteiger charge is -2.21. The minimum atomic E-state index is -0.492. The van der Waals surface area contributed by atoms with Gasteiger partial charge in [-0.25, -0.2) is 4.79 Å². The first-order chi connectivity index (χ1) is 9.72. The molecule has 0 aromatic rings. The lowest BCUT2D eigenvalue weighted by Crippen LogP contribution is -2.12. The first-order valence-electron chi connectivity index (χ1n) is 7.67. The molecule has 0 heterocycles. The van der Waals surface area contributed by atoms with E-state index in [1.54, 1.807) is 0 Å². The molecule has 1 fully saturated rings. The summed E-state index contributed by atoms with van der Waals surface area (Å²) in [4.78, 5) is 22.2. The van der Waals surface area contributed by atoms with Crippen LogP contribution in [0.2, 0.25) is 0 Å². The third kappa shape index (κ3) is 7.97. The highest BCUT2D eigenvalue weighted by atomic mass is 16.6. The van der Waals surface area contributed by atoms with E-state index >= 15 is 0 Å². The number of hydrogen-bond acceptors (Lipinski definition) is 4. The fourth-order valence-electron chi connectivity index (χ4n) is 2.61. The molecule has 20 heavy (non-hydrogen) atoms. The van der Waals surface area contributed by atoms with Gasteiger partial charge >= 0.3 is 11.9 Å². The number of rotatable bonds is 9.